The molecule has 6 heteroatoms. The molecule has 1 heterocycles. The van der Waals surface area contributed by atoms with E-state index in [1.54, 1.807) is 11.8 Å². The summed E-state index contributed by atoms with van der Waals surface area (Å²) < 4.78 is 13.7. The van der Waals surface area contributed by atoms with Crippen LogP contribution in [0.2, 0.25) is 5.02 Å². The van der Waals surface area contributed by atoms with Gasteiger partial charge in [0.1, 0.15) is 5.82 Å². The van der Waals surface area contributed by atoms with E-state index in [1.165, 1.54) is 12.1 Å². The highest BCUT2D eigenvalue weighted by molar-refractivity contribution is 9.10. The van der Waals surface area contributed by atoms with E-state index in [9.17, 15) is 4.39 Å². The van der Waals surface area contributed by atoms with Crippen molar-refractivity contribution in [3.63, 3.8) is 0 Å². The molecule has 1 atom stereocenters. The van der Waals surface area contributed by atoms with Crippen molar-refractivity contribution in [2.45, 2.75) is 25.0 Å². The monoisotopic (exact) mass is 350 g/mol. The molecule has 0 saturated carbocycles. The smallest absolute Gasteiger partial charge is 0.161 e. The fraction of sp³-hybridized carbons (Fsp3) is 0.417. The second-order valence-corrected chi connectivity index (χ2v) is 6.59. The highest BCUT2D eigenvalue weighted by atomic mass is 79.9. The van der Waals surface area contributed by atoms with Gasteiger partial charge in [0.25, 0.3) is 0 Å². The number of nitrogens with zero attached hydrogens (tertiary/aromatic N) is 1. The standard InChI is InChI=1S/C12H13BrClFN2S/c1-2-3-8-6-16-12(18-8)17-11-9(13)4-7(15)5-10(11)14/h4-5,8H,2-3,6H2,1H3,(H,16,17). The molecule has 18 heavy (non-hydrogen) atoms. The fourth-order valence-electron chi connectivity index (χ4n) is 1.73. The van der Waals surface area contributed by atoms with Crippen molar-refractivity contribution >= 4 is 50.1 Å². The van der Waals surface area contributed by atoms with E-state index in [-0.39, 0.29) is 5.82 Å². The molecule has 0 radical (unpaired) electrons. The van der Waals surface area contributed by atoms with Crippen LogP contribution in [-0.2, 0) is 0 Å². The lowest BCUT2D eigenvalue weighted by Gasteiger charge is -2.11. The van der Waals surface area contributed by atoms with E-state index in [0.717, 1.165) is 24.6 Å². The molecule has 0 amide bonds. The molecule has 1 aromatic rings. The van der Waals surface area contributed by atoms with Gasteiger partial charge >= 0.3 is 0 Å². The minimum absolute atomic E-state index is 0.351. The molecule has 1 aliphatic heterocycles. The Bertz CT molecular complexity index is 458. The van der Waals surface area contributed by atoms with Gasteiger partial charge in [-0.1, -0.05) is 36.7 Å². The van der Waals surface area contributed by atoms with E-state index in [4.69, 9.17) is 11.6 Å². The Hall–Kier alpha value is -0.260. The summed E-state index contributed by atoms with van der Waals surface area (Å²) in [6.45, 7) is 3.00. The number of thioether (sulfide) groups is 1. The summed E-state index contributed by atoms with van der Waals surface area (Å²) in [7, 11) is 0. The van der Waals surface area contributed by atoms with Crippen LogP contribution >= 0.6 is 39.3 Å². The van der Waals surface area contributed by atoms with Gasteiger partial charge in [-0.2, -0.15) is 0 Å². The summed E-state index contributed by atoms with van der Waals surface area (Å²) in [5.74, 6) is -0.359. The molecule has 1 aromatic carbocycles. The number of hydrogen-bond acceptors (Lipinski definition) is 3. The van der Waals surface area contributed by atoms with Crippen LogP contribution < -0.4 is 5.32 Å². The number of hydrogen-bond donors (Lipinski definition) is 1. The van der Waals surface area contributed by atoms with Crippen molar-refractivity contribution in [1.29, 1.82) is 0 Å². The Labute approximate surface area is 124 Å². The van der Waals surface area contributed by atoms with Crippen molar-refractivity contribution < 1.29 is 4.39 Å². The summed E-state index contributed by atoms with van der Waals surface area (Å²) in [6.07, 6.45) is 2.30. The first kappa shape index (κ1) is 14.2. The number of aliphatic imine (C=N–C) groups is 1. The third-order valence-corrected chi connectivity index (χ3v) is 4.66. The molecule has 0 spiro atoms. The number of benzene rings is 1. The van der Waals surface area contributed by atoms with Gasteiger partial charge in [-0.05, 0) is 34.5 Å². The van der Waals surface area contributed by atoms with Gasteiger partial charge in [0.15, 0.2) is 5.17 Å². The van der Waals surface area contributed by atoms with Crippen LogP contribution in [0.5, 0.6) is 0 Å². The van der Waals surface area contributed by atoms with Crippen molar-refractivity contribution in [2.24, 2.45) is 4.99 Å². The van der Waals surface area contributed by atoms with Gasteiger partial charge in [0.05, 0.1) is 17.3 Å². The zero-order valence-corrected chi connectivity index (χ0v) is 13.0. The molecule has 1 N–H and O–H groups in total. The molecule has 0 aromatic heterocycles. The number of amidine groups is 1. The number of halogens is 3. The lowest BCUT2D eigenvalue weighted by molar-refractivity contribution is 0.627. The van der Waals surface area contributed by atoms with Gasteiger partial charge in [0.2, 0.25) is 0 Å². The topological polar surface area (TPSA) is 24.4 Å². The van der Waals surface area contributed by atoms with Gasteiger partial charge in [-0.15, -0.1) is 0 Å². The van der Waals surface area contributed by atoms with E-state index in [0.29, 0.717) is 20.4 Å². The van der Waals surface area contributed by atoms with Crippen LogP contribution in [0.15, 0.2) is 21.6 Å². The average Bonchev–Trinajstić information content (AvgIpc) is 2.72. The summed E-state index contributed by atoms with van der Waals surface area (Å²) in [4.78, 5) is 4.43. The maximum atomic E-state index is 13.1. The van der Waals surface area contributed by atoms with Crippen LogP contribution in [0.25, 0.3) is 0 Å². The highest BCUT2D eigenvalue weighted by Crippen LogP contribution is 2.34. The number of rotatable bonds is 3. The minimum Gasteiger partial charge on any atom is -0.333 e. The van der Waals surface area contributed by atoms with E-state index in [1.807, 2.05) is 0 Å². The molecule has 0 aliphatic carbocycles. The molecular formula is C12H13BrClFN2S. The van der Waals surface area contributed by atoms with Crippen LogP contribution in [0.3, 0.4) is 0 Å². The molecule has 0 bridgehead atoms. The molecule has 1 aliphatic rings. The van der Waals surface area contributed by atoms with Crippen molar-refractivity contribution in [2.75, 3.05) is 11.9 Å². The first-order chi connectivity index (χ1) is 8.60. The third-order valence-electron chi connectivity index (χ3n) is 2.57. The van der Waals surface area contributed by atoms with Crippen molar-refractivity contribution in [1.82, 2.24) is 0 Å². The Kier molecular flexibility index (Phi) is 4.92. The molecule has 1 unspecified atom stereocenters. The Morgan fingerprint density at radius 3 is 3.06 bits per heavy atom. The summed E-state index contributed by atoms with van der Waals surface area (Å²) in [5.41, 5.74) is 0.668. The predicted molar refractivity (Wildman–Crippen MR) is 81.3 cm³/mol. The average molecular weight is 352 g/mol. The minimum atomic E-state index is -0.359. The van der Waals surface area contributed by atoms with Gasteiger partial charge in [0, 0.05) is 9.72 Å². The SMILES string of the molecule is CCCC1CN=C(Nc2c(Cl)cc(F)cc2Br)S1. The Morgan fingerprint density at radius 2 is 2.39 bits per heavy atom. The van der Waals surface area contributed by atoms with Gasteiger partial charge in [-0.3, -0.25) is 4.99 Å². The van der Waals surface area contributed by atoms with Crippen LogP contribution in [0.1, 0.15) is 19.8 Å². The summed E-state index contributed by atoms with van der Waals surface area (Å²) >= 11 is 11.0. The lowest BCUT2D eigenvalue weighted by Crippen LogP contribution is -2.08. The maximum Gasteiger partial charge on any atom is 0.161 e. The summed E-state index contributed by atoms with van der Waals surface area (Å²) in [5, 5.41) is 4.90. The van der Waals surface area contributed by atoms with E-state index in [2.05, 4.69) is 33.2 Å². The van der Waals surface area contributed by atoms with Crippen molar-refractivity contribution in [3.8, 4) is 0 Å². The third kappa shape index (κ3) is 3.39. The molecular weight excluding hydrogens is 339 g/mol. The zero-order chi connectivity index (χ0) is 13.1. The Morgan fingerprint density at radius 1 is 1.61 bits per heavy atom. The first-order valence-corrected chi connectivity index (χ1v) is 7.78. The van der Waals surface area contributed by atoms with Crippen molar-refractivity contribution in [3.05, 3.63) is 27.4 Å². The number of nitrogens with one attached hydrogen (secondary N) is 1. The Balaban J connectivity index is 2.07. The number of anilines is 1. The quantitative estimate of drug-likeness (QED) is 0.835. The molecule has 0 saturated heterocycles. The molecule has 2 rings (SSSR count). The largest absolute Gasteiger partial charge is 0.333 e. The molecule has 98 valence electrons. The normalized spacial score (nSPS) is 18.9. The van der Waals surface area contributed by atoms with E-state index < -0.39 is 0 Å². The van der Waals surface area contributed by atoms with E-state index >= 15 is 0 Å². The summed E-state index contributed by atoms with van der Waals surface area (Å²) in [6, 6.07) is 2.68. The lowest BCUT2D eigenvalue weighted by atomic mass is 10.2. The van der Waals surface area contributed by atoms with Crippen LogP contribution in [0.4, 0.5) is 10.1 Å². The van der Waals surface area contributed by atoms with Gasteiger partial charge < -0.3 is 5.32 Å². The first-order valence-electron chi connectivity index (χ1n) is 5.72. The van der Waals surface area contributed by atoms with Gasteiger partial charge in [-0.25, -0.2) is 4.39 Å². The molecule has 2 nitrogen and oxygen atoms in total. The second-order valence-electron chi connectivity index (χ2n) is 4.04. The zero-order valence-electron chi connectivity index (χ0n) is 9.84. The fourth-order valence-corrected chi connectivity index (χ4v) is 3.75. The highest BCUT2D eigenvalue weighted by Gasteiger charge is 2.20. The van der Waals surface area contributed by atoms with Crippen LogP contribution in [-0.4, -0.2) is 17.0 Å². The molecule has 0 fully saturated rings. The second kappa shape index (κ2) is 6.26. The maximum absolute atomic E-state index is 13.1. The van der Waals surface area contributed by atoms with Crippen LogP contribution in [0, 0.1) is 5.82 Å². The predicted octanol–water partition coefficient (Wildman–Crippen LogP) is 4.93.